The Morgan fingerprint density at radius 1 is 1.17 bits per heavy atom. The molecular formula is C26H34N8O. The van der Waals surface area contributed by atoms with Crippen molar-refractivity contribution in [3.63, 3.8) is 0 Å². The van der Waals surface area contributed by atoms with E-state index in [9.17, 15) is 5.11 Å². The smallest absolute Gasteiger partial charge is 0.154 e. The average Bonchev–Trinajstić information content (AvgIpc) is 2.87. The third-order valence-electron chi connectivity index (χ3n) is 6.23. The highest BCUT2D eigenvalue weighted by Gasteiger charge is 2.15. The van der Waals surface area contributed by atoms with Crippen LogP contribution in [0.25, 0.3) is 16.6 Å². The molecule has 9 nitrogen and oxygen atoms in total. The van der Waals surface area contributed by atoms with Crippen molar-refractivity contribution >= 4 is 34.5 Å². The van der Waals surface area contributed by atoms with Gasteiger partial charge >= 0.3 is 0 Å². The van der Waals surface area contributed by atoms with Crippen LogP contribution in [0.15, 0.2) is 42.9 Å². The second-order valence-electron chi connectivity index (χ2n) is 9.24. The molecule has 0 spiro atoms. The lowest BCUT2D eigenvalue weighted by Crippen LogP contribution is -2.37. The molecular weight excluding hydrogens is 440 g/mol. The lowest BCUT2D eigenvalue weighted by molar-refractivity contribution is 0.0822. The normalized spacial score (nSPS) is 15.5. The second kappa shape index (κ2) is 11.8. The van der Waals surface area contributed by atoms with Crippen LogP contribution in [0.3, 0.4) is 0 Å². The fraction of sp³-hybridized carbons (Fsp3) is 0.423. The van der Waals surface area contributed by atoms with E-state index in [4.69, 9.17) is 10.4 Å². The molecule has 0 saturated carbocycles. The molecule has 0 amide bonds. The molecule has 4 rings (SSSR count). The van der Waals surface area contributed by atoms with E-state index in [2.05, 4.69) is 44.6 Å². The zero-order valence-corrected chi connectivity index (χ0v) is 20.4. The quantitative estimate of drug-likeness (QED) is 0.259. The van der Waals surface area contributed by atoms with Crippen LogP contribution in [-0.2, 0) is 0 Å². The summed E-state index contributed by atoms with van der Waals surface area (Å²) in [5, 5.41) is 32.3. The van der Waals surface area contributed by atoms with Gasteiger partial charge in [0.1, 0.15) is 5.82 Å². The molecule has 0 aromatic carbocycles. The molecule has 1 fully saturated rings. The fourth-order valence-corrected chi connectivity index (χ4v) is 4.06. The van der Waals surface area contributed by atoms with Crippen molar-refractivity contribution in [2.45, 2.75) is 45.1 Å². The third kappa shape index (κ3) is 6.80. The number of pyridine rings is 2. The van der Waals surface area contributed by atoms with E-state index in [1.807, 2.05) is 30.5 Å². The predicted molar refractivity (Wildman–Crippen MR) is 140 cm³/mol. The van der Waals surface area contributed by atoms with Gasteiger partial charge < -0.3 is 26.0 Å². The van der Waals surface area contributed by atoms with E-state index >= 15 is 0 Å². The number of rotatable bonds is 10. The molecule has 9 heteroatoms. The summed E-state index contributed by atoms with van der Waals surface area (Å²) in [7, 11) is 0. The Morgan fingerprint density at radius 3 is 2.77 bits per heavy atom. The van der Waals surface area contributed by atoms with Crippen LogP contribution in [0.1, 0.15) is 50.2 Å². The van der Waals surface area contributed by atoms with E-state index in [0.717, 1.165) is 73.2 Å². The molecule has 35 heavy (non-hydrogen) atoms. The molecule has 1 aliphatic rings. The first-order valence-electron chi connectivity index (χ1n) is 12.2. The van der Waals surface area contributed by atoms with Crippen molar-refractivity contribution in [2.24, 2.45) is 0 Å². The van der Waals surface area contributed by atoms with Crippen molar-refractivity contribution in [3.8, 4) is 0 Å². The number of anilines is 2. The van der Waals surface area contributed by atoms with Crippen molar-refractivity contribution in [1.29, 1.82) is 5.41 Å². The van der Waals surface area contributed by atoms with Gasteiger partial charge in [0.05, 0.1) is 23.3 Å². The highest BCUT2D eigenvalue weighted by Crippen LogP contribution is 2.21. The van der Waals surface area contributed by atoms with Gasteiger partial charge in [0.25, 0.3) is 0 Å². The summed E-state index contributed by atoms with van der Waals surface area (Å²) in [6.45, 7) is 7.99. The number of nitrogens with zero attached hydrogens (tertiary/aromatic N) is 5. The molecule has 0 unspecified atom stereocenters. The summed E-state index contributed by atoms with van der Waals surface area (Å²) in [5.41, 5.74) is 4.20. The molecule has 0 bridgehead atoms. The first-order chi connectivity index (χ1) is 17.0. The highest BCUT2D eigenvalue weighted by molar-refractivity contribution is 6.08. The first kappa shape index (κ1) is 24.7. The maximum Gasteiger partial charge on any atom is 0.154 e. The zero-order chi connectivity index (χ0) is 24.6. The van der Waals surface area contributed by atoms with Gasteiger partial charge in [-0.15, -0.1) is 5.10 Å². The van der Waals surface area contributed by atoms with Gasteiger partial charge in [0, 0.05) is 49.4 Å². The summed E-state index contributed by atoms with van der Waals surface area (Å²) in [4.78, 5) is 11.6. The van der Waals surface area contributed by atoms with Crippen molar-refractivity contribution in [2.75, 3.05) is 31.5 Å². The minimum atomic E-state index is -0.135. The van der Waals surface area contributed by atoms with Crippen LogP contribution in [0.5, 0.6) is 0 Å². The number of aromatic nitrogens is 4. The number of allylic oxidation sites excluding steroid dienone is 1. The summed E-state index contributed by atoms with van der Waals surface area (Å²) in [6, 6.07) is 7.71. The van der Waals surface area contributed by atoms with E-state index in [1.165, 1.54) is 6.21 Å². The van der Waals surface area contributed by atoms with Gasteiger partial charge in [-0.3, -0.25) is 4.98 Å². The lowest BCUT2D eigenvalue weighted by Gasteiger charge is -2.29. The number of aliphatic hydroxyl groups is 1. The first-order valence-corrected chi connectivity index (χ1v) is 12.2. The number of aliphatic hydroxyl groups excluding tert-OH is 1. The van der Waals surface area contributed by atoms with Gasteiger partial charge in [-0.1, -0.05) is 13.8 Å². The number of hydrogen-bond donors (Lipinski definition) is 4. The van der Waals surface area contributed by atoms with E-state index < -0.39 is 0 Å². The lowest BCUT2D eigenvalue weighted by atomic mass is 10.1. The largest absolute Gasteiger partial charge is 0.393 e. The van der Waals surface area contributed by atoms with Crippen molar-refractivity contribution in [3.05, 3.63) is 54.0 Å². The van der Waals surface area contributed by atoms with E-state index in [-0.39, 0.29) is 6.10 Å². The molecule has 3 aromatic rings. The van der Waals surface area contributed by atoms with Crippen LogP contribution in [0, 0.1) is 5.41 Å². The fourth-order valence-electron chi connectivity index (χ4n) is 4.06. The van der Waals surface area contributed by atoms with Crippen LogP contribution in [0.4, 0.5) is 11.6 Å². The Balaban J connectivity index is 1.39. The Hall–Kier alpha value is -3.43. The number of piperidine rings is 1. The third-order valence-corrected chi connectivity index (χ3v) is 6.23. The molecule has 0 atom stereocenters. The molecule has 0 radical (unpaired) electrons. The van der Waals surface area contributed by atoms with Crippen LogP contribution < -0.4 is 10.6 Å². The second-order valence-corrected chi connectivity index (χ2v) is 9.24. The van der Waals surface area contributed by atoms with Crippen LogP contribution >= 0.6 is 0 Å². The number of nitrogens with one attached hydrogen (secondary N) is 3. The minimum Gasteiger partial charge on any atom is -0.393 e. The SMILES string of the molecule is CC(C)c1cnnc(Nc2ccc3ncc(/C(C=N)=C/NCCCN4CCC(O)CC4)cc3n2)c1. The highest BCUT2D eigenvalue weighted by atomic mass is 16.3. The number of hydrogen-bond acceptors (Lipinski definition) is 9. The molecule has 4 N–H and O–H groups in total. The monoisotopic (exact) mass is 474 g/mol. The molecule has 4 heterocycles. The van der Waals surface area contributed by atoms with E-state index in [0.29, 0.717) is 17.6 Å². The van der Waals surface area contributed by atoms with Crippen molar-refractivity contribution in [1.82, 2.24) is 30.4 Å². The van der Waals surface area contributed by atoms with E-state index in [1.54, 1.807) is 12.4 Å². The number of fused-ring (bicyclic) bond motifs is 1. The Bertz CT molecular complexity index is 1170. The Morgan fingerprint density at radius 2 is 2.00 bits per heavy atom. The van der Waals surface area contributed by atoms with Crippen LogP contribution in [-0.4, -0.2) is 68.7 Å². The van der Waals surface area contributed by atoms with Gasteiger partial charge in [-0.25, -0.2) is 4.98 Å². The Kier molecular flexibility index (Phi) is 8.33. The number of likely N-dealkylation sites (tertiary alicyclic amines) is 1. The van der Waals surface area contributed by atoms with Crippen molar-refractivity contribution < 1.29 is 5.11 Å². The zero-order valence-electron chi connectivity index (χ0n) is 20.4. The van der Waals surface area contributed by atoms with Gasteiger partial charge in [-0.05, 0) is 61.6 Å². The molecule has 3 aromatic heterocycles. The summed E-state index contributed by atoms with van der Waals surface area (Å²) in [6.07, 6.45) is 9.34. The average molecular weight is 475 g/mol. The molecule has 184 valence electrons. The molecule has 1 aliphatic heterocycles. The topological polar surface area (TPSA) is 123 Å². The molecule has 0 aliphatic carbocycles. The summed E-state index contributed by atoms with van der Waals surface area (Å²) >= 11 is 0. The summed E-state index contributed by atoms with van der Waals surface area (Å²) in [5.74, 6) is 1.67. The summed E-state index contributed by atoms with van der Waals surface area (Å²) < 4.78 is 0. The minimum absolute atomic E-state index is 0.135. The van der Waals surface area contributed by atoms with Gasteiger partial charge in [-0.2, -0.15) is 5.10 Å². The standard InChI is InChI=1S/C26H34N8O/c1-18(2)19-13-26(33-30-17-19)32-25-5-4-23-24(31-25)12-20(16-29-23)21(14-27)15-28-8-3-9-34-10-6-22(35)7-11-34/h4-5,12-18,22,27-28,35H,3,6-11H2,1-2H3,(H,31,32,33)/b21-15+,27-14?. The van der Waals surface area contributed by atoms with Gasteiger partial charge in [0.15, 0.2) is 5.82 Å². The van der Waals surface area contributed by atoms with Gasteiger partial charge in [0.2, 0.25) is 0 Å². The maximum atomic E-state index is 9.62. The molecule has 1 saturated heterocycles. The Labute approximate surface area is 206 Å². The van der Waals surface area contributed by atoms with Crippen LogP contribution in [0.2, 0.25) is 0 Å². The maximum absolute atomic E-state index is 9.62. The predicted octanol–water partition coefficient (Wildman–Crippen LogP) is 3.71.